The van der Waals surface area contributed by atoms with Crippen LogP contribution in [0.1, 0.15) is 46.0 Å². The Hall–Kier alpha value is -2.00. The maximum absolute atomic E-state index is 12.0. The van der Waals surface area contributed by atoms with Crippen LogP contribution in [0.5, 0.6) is 0 Å². The summed E-state index contributed by atoms with van der Waals surface area (Å²) in [5.41, 5.74) is 3.70. The third-order valence-corrected chi connectivity index (χ3v) is 3.65. The van der Waals surface area contributed by atoms with Crippen molar-refractivity contribution in [2.75, 3.05) is 0 Å². The fraction of sp³-hybridized carbons (Fsp3) is 0.235. The van der Waals surface area contributed by atoms with E-state index in [0.717, 1.165) is 5.56 Å². The monoisotopic (exact) mass is 301 g/mol. The van der Waals surface area contributed by atoms with E-state index in [-0.39, 0.29) is 11.6 Å². The Balaban J connectivity index is 2.91. The van der Waals surface area contributed by atoms with Crippen molar-refractivity contribution in [1.82, 2.24) is 4.98 Å². The second kappa shape index (κ2) is 5.78. The molecule has 0 radical (unpaired) electrons. The van der Waals surface area contributed by atoms with Crippen LogP contribution in [-0.2, 0) is 0 Å². The molecule has 0 bridgehead atoms. The second-order valence-corrected chi connectivity index (χ2v) is 5.46. The standard InChI is InChI=1S/C17H16ClNO2/c1-9-15(11(3)20)17(13-5-7-14(18)8-6-13)16(12(4)21)10(2)19-9/h5-8H,1-4H3. The van der Waals surface area contributed by atoms with Crippen molar-refractivity contribution in [3.8, 4) is 11.1 Å². The highest BCUT2D eigenvalue weighted by Gasteiger charge is 2.22. The number of aryl methyl sites for hydroxylation is 2. The number of hydrogen-bond acceptors (Lipinski definition) is 3. The highest BCUT2D eigenvalue weighted by molar-refractivity contribution is 6.30. The van der Waals surface area contributed by atoms with E-state index in [1.807, 2.05) is 12.1 Å². The maximum Gasteiger partial charge on any atom is 0.162 e. The van der Waals surface area contributed by atoms with Gasteiger partial charge in [0.1, 0.15) is 0 Å². The topological polar surface area (TPSA) is 47.0 Å². The number of Topliss-reactive ketones (excluding diaryl/α,β-unsaturated/α-hetero) is 2. The van der Waals surface area contributed by atoms with E-state index >= 15 is 0 Å². The average Bonchev–Trinajstić information content (AvgIpc) is 2.37. The van der Waals surface area contributed by atoms with Gasteiger partial charge in [-0.05, 0) is 45.4 Å². The summed E-state index contributed by atoms with van der Waals surface area (Å²) in [6, 6.07) is 7.12. The van der Waals surface area contributed by atoms with Crippen LogP contribution < -0.4 is 0 Å². The number of nitrogens with zero attached hydrogens (tertiary/aromatic N) is 1. The molecule has 2 aromatic rings. The third-order valence-electron chi connectivity index (χ3n) is 3.40. The number of hydrogen-bond donors (Lipinski definition) is 0. The van der Waals surface area contributed by atoms with Gasteiger partial charge in [-0.15, -0.1) is 0 Å². The van der Waals surface area contributed by atoms with Crippen molar-refractivity contribution >= 4 is 23.2 Å². The number of aromatic nitrogens is 1. The highest BCUT2D eigenvalue weighted by atomic mass is 35.5. The Bertz CT molecular complexity index is 695. The van der Waals surface area contributed by atoms with Gasteiger partial charge < -0.3 is 0 Å². The SMILES string of the molecule is CC(=O)c1c(C)nc(C)c(C(C)=O)c1-c1ccc(Cl)cc1. The zero-order valence-electron chi connectivity index (χ0n) is 12.5. The van der Waals surface area contributed by atoms with Gasteiger partial charge in [0, 0.05) is 33.1 Å². The van der Waals surface area contributed by atoms with E-state index in [4.69, 9.17) is 11.6 Å². The van der Waals surface area contributed by atoms with Gasteiger partial charge in [0.15, 0.2) is 11.6 Å². The molecule has 108 valence electrons. The number of carbonyl (C=O) groups excluding carboxylic acids is 2. The summed E-state index contributed by atoms with van der Waals surface area (Å²) < 4.78 is 0. The van der Waals surface area contributed by atoms with Crippen LogP contribution in [0, 0.1) is 13.8 Å². The number of pyridine rings is 1. The first-order valence-electron chi connectivity index (χ1n) is 6.62. The first-order chi connectivity index (χ1) is 9.82. The normalized spacial score (nSPS) is 10.5. The van der Waals surface area contributed by atoms with Gasteiger partial charge in [0.2, 0.25) is 0 Å². The van der Waals surface area contributed by atoms with Gasteiger partial charge in [-0.25, -0.2) is 0 Å². The molecular formula is C17H16ClNO2. The molecule has 0 aliphatic rings. The molecule has 0 aliphatic heterocycles. The van der Waals surface area contributed by atoms with E-state index in [1.54, 1.807) is 26.0 Å². The molecule has 1 aromatic carbocycles. The lowest BCUT2D eigenvalue weighted by Crippen LogP contribution is -2.11. The molecule has 21 heavy (non-hydrogen) atoms. The van der Waals surface area contributed by atoms with Gasteiger partial charge in [0.25, 0.3) is 0 Å². The molecule has 0 saturated heterocycles. The summed E-state index contributed by atoms with van der Waals surface area (Å²) in [5, 5.41) is 0.606. The molecule has 0 spiro atoms. The summed E-state index contributed by atoms with van der Waals surface area (Å²) in [6.07, 6.45) is 0. The lowest BCUT2D eigenvalue weighted by molar-refractivity contribution is 0.101. The third kappa shape index (κ3) is 2.88. The quantitative estimate of drug-likeness (QED) is 0.788. The minimum Gasteiger partial charge on any atom is -0.294 e. The maximum atomic E-state index is 12.0. The molecule has 3 nitrogen and oxygen atoms in total. The molecule has 2 rings (SSSR count). The lowest BCUT2D eigenvalue weighted by Gasteiger charge is -2.16. The van der Waals surface area contributed by atoms with Crippen LogP contribution >= 0.6 is 11.6 Å². The van der Waals surface area contributed by atoms with Crippen LogP contribution in [0.3, 0.4) is 0 Å². The second-order valence-electron chi connectivity index (χ2n) is 5.03. The van der Waals surface area contributed by atoms with Gasteiger partial charge in [-0.3, -0.25) is 14.6 Å². The minimum absolute atomic E-state index is 0.104. The molecule has 1 aromatic heterocycles. The number of benzene rings is 1. The molecule has 0 amide bonds. The number of halogens is 1. The van der Waals surface area contributed by atoms with Gasteiger partial charge in [-0.2, -0.15) is 0 Å². The van der Waals surface area contributed by atoms with Crippen molar-refractivity contribution in [1.29, 1.82) is 0 Å². The number of carbonyl (C=O) groups is 2. The zero-order valence-corrected chi connectivity index (χ0v) is 13.2. The van der Waals surface area contributed by atoms with E-state index in [9.17, 15) is 9.59 Å². The Morgan fingerprint density at radius 1 is 0.905 bits per heavy atom. The van der Waals surface area contributed by atoms with Crippen molar-refractivity contribution < 1.29 is 9.59 Å². The van der Waals surface area contributed by atoms with Crippen molar-refractivity contribution in [2.24, 2.45) is 0 Å². The van der Waals surface area contributed by atoms with Crippen LogP contribution in [0.2, 0.25) is 5.02 Å². The fourth-order valence-corrected chi connectivity index (χ4v) is 2.74. The van der Waals surface area contributed by atoms with Crippen LogP contribution in [0.15, 0.2) is 24.3 Å². The largest absolute Gasteiger partial charge is 0.294 e. The summed E-state index contributed by atoms with van der Waals surface area (Å²) in [6.45, 7) is 6.55. The van der Waals surface area contributed by atoms with Gasteiger partial charge in [-0.1, -0.05) is 23.7 Å². The first-order valence-corrected chi connectivity index (χ1v) is 6.99. The van der Waals surface area contributed by atoms with Crippen molar-refractivity contribution in [3.05, 3.63) is 51.8 Å². The molecule has 4 heteroatoms. The molecular weight excluding hydrogens is 286 g/mol. The Morgan fingerprint density at radius 2 is 1.33 bits per heavy atom. The summed E-state index contributed by atoms with van der Waals surface area (Å²) in [5.74, 6) is -0.208. The van der Waals surface area contributed by atoms with E-state index in [2.05, 4.69) is 4.98 Å². The molecule has 0 unspecified atom stereocenters. The Kier molecular flexibility index (Phi) is 4.24. The lowest BCUT2D eigenvalue weighted by atomic mass is 9.89. The Labute approximate surface area is 129 Å². The average molecular weight is 302 g/mol. The predicted molar refractivity (Wildman–Crippen MR) is 84.2 cm³/mol. The number of rotatable bonds is 3. The minimum atomic E-state index is -0.104. The van der Waals surface area contributed by atoms with Crippen LogP contribution in [-0.4, -0.2) is 16.6 Å². The molecule has 0 saturated carbocycles. The Morgan fingerprint density at radius 3 is 1.71 bits per heavy atom. The van der Waals surface area contributed by atoms with Crippen LogP contribution in [0.25, 0.3) is 11.1 Å². The fourth-order valence-electron chi connectivity index (χ4n) is 2.62. The van der Waals surface area contributed by atoms with E-state index < -0.39 is 0 Å². The van der Waals surface area contributed by atoms with Gasteiger partial charge >= 0.3 is 0 Å². The molecule has 1 heterocycles. The summed E-state index contributed by atoms with van der Waals surface area (Å²) in [7, 11) is 0. The van der Waals surface area contributed by atoms with Crippen molar-refractivity contribution in [3.63, 3.8) is 0 Å². The number of ketones is 2. The summed E-state index contributed by atoms with van der Waals surface area (Å²) in [4.78, 5) is 28.4. The van der Waals surface area contributed by atoms with Crippen molar-refractivity contribution in [2.45, 2.75) is 27.7 Å². The predicted octanol–water partition coefficient (Wildman–Crippen LogP) is 4.42. The smallest absolute Gasteiger partial charge is 0.162 e. The molecule has 0 aliphatic carbocycles. The summed E-state index contributed by atoms with van der Waals surface area (Å²) >= 11 is 5.92. The zero-order chi connectivity index (χ0) is 15.7. The molecule has 0 fully saturated rings. The van der Waals surface area contributed by atoms with Gasteiger partial charge in [0.05, 0.1) is 0 Å². The van der Waals surface area contributed by atoms with Crippen LogP contribution in [0.4, 0.5) is 0 Å². The molecule has 0 N–H and O–H groups in total. The van der Waals surface area contributed by atoms with E-state index in [0.29, 0.717) is 33.1 Å². The van der Waals surface area contributed by atoms with E-state index in [1.165, 1.54) is 13.8 Å². The highest BCUT2D eigenvalue weighted by Crippen LogP contribution is 2.32. The first kappa shape index (κ1) is 15.4. The molecule has 0 atom stereocenters.